The van der Waals surface area contributed by atoms with Gasteiger partial charge in [0.25, 0.3) is 0 Å². The lowest BCUT2D eigenvalue weighted by atomic mass is 10.1. The molecule has 2 amide bonds. The molecule has 1 fully saturated rings. The summed E-state index contributed by atoms with van der Waals surface area (Å²) in [5, 5.41) is 10.3. The molecule has 0 aliphatic carbocycles. The highest BCUT2D eigenvalue weighted by atomic mass is 16.5. The molecule has 8 heteroatoms. The van der Waals surface area contributed by atoms with Crippen molar-refractivity contribution in [3.8, 4) is 11.1 Å². The molecular formula is C24H27N5O3. The minimum Gasteiger partial charge on any atom is -0.378 e. The standard InChI is InChI=1S/C24H27N5O3/c1-17-3-5-19(6-4-17)22-15-29(27-24(22)28-11-13-32-14-12-28)16-23(31)26-21-9-7-20(8-10-21)25-18(2)30/h3-10,15H,11-14,16H2,1-2H3,(H,25,30)(H,26,31). The second-order valence-corrected chi connectivity index (χ2v) is 7.84. The van der Waals surface area contributed by atoms with Gasteiger partial charge >= 0.3 is 0 Å². The molecule has 1 aromatic heterocycles. The summed E-state index contributed by atoms with van der Waals surface area (Å²) in [6.07, 6.45) is 1.93. The Bertz CT molecular complexity index is 1080. The van der Waals surface area contributed by atoms with Crippen molar-refractivity contribution in [3.05, 3.63) is 60.3 Å². The van der Waals surface area contributed by atoms with Gasteiger partial charge in [-0.3, -0.25) is 14.3 Å². The Labute approximate surface area is 187 Å². The zero-order chi connectivity index (χ0) is 22.5. The van der Waals surface area contributed by atoms with E-state index in [0.717, 1.165) is 30.0 Å². The van der Waals surface area contributed by atoms with Crippen LogP contribution in [0.15, 0.2) is 54.7 Å². The third kappa shape index (κ3) is 5.33. The number of carbonyl (C=O) groups excluding carboxylic acids is 2. The molecule has 0 radical (unpaired) electrons. The van der Waals surface area contributed by atoms with E-state index in [2.05, 4.69) is 46.7 Å². The summed E-state index contributed by atoms with van der Waals surface area (Å²) in [4.78, 5) is 26.0. The molecule has 2 N–H and O–H groups in total. The lowest BCUT2D eigenvalue weighted by molar-refractivity contribution is -0.117. The Balaban J connectivity index is 1.50. The highest BCUT2D eigenvalue weighted by Crippen LogP contribution is 2.30. The smallest absolute Gasteiger partial charge is 0.246 e. The molecule has 8 nitrogen and oxygen atoms in total. The summed E-state index contributed by atoms with van der Waals surface area (Å²) < 4.78 is 7.17. The summed E-state index contributed by atoms with van der Waals surface area (Å²) in [6, 6.07) is 15.3. The first kappa shape index (κ1) is 21.6. The molecule has 166 valence electrons. The first-order chi connectivity index (χ1) is 15.5. The molecule has 2 heterocycles. The minimum atomic E-state index is -0.177. The van der Waals surface area contributed by atoms with Gasteiger partial charge in [0.2, 0.25) is 11.8 Å². The van der Waals surface area contributed by atoms with Crippen LogP contribution in [-0.4, -0.2) is 47.9 Å². The minimum absolute atomic E-state index is 0.0939. The molecule has 1 aliphatic heterocycles. The second kappa shape index (κ2) is 9.65. The molecule has 4 rings (SSSR count). The van der Waals surface area contributed by atoms with E-state index in [1.807, 2.05) is 6.20 Å². The van der Waals surface area contributed by atoms with E-state index in [1.54, 1.807) is 28.9 Å². The number of morpholine rings is 1. The monoisotopic (exact) mass is 433 g/mol. The maximum absolute atomic E-state index is 12.6. The Morgan fingerprint density at radius 1 is 0.969 bits per heavy atom. The van der Waals surface area contributed by atoms with Crippen LogP contribution in [0.5, 0.6) is 0 Å². The number of nitrogens with zero attached hydrogens (tertiary/aromatic N) is 3. The molecule has 0 atom stereocenters. The van der Waals surface area contributed by atoms with Crippen LogP contribution in [0, 0.1) is 6.92 Å². The first-order valence-corrected chi connectivity index (χ1v) is 10.6. The molecule has 2 aromatic carbocycles. The summed E-state index contributed by atoms with van der Waals surface area (Å²) in [6.45, 7) is 6.46. The number of anilines is 3. The Morgan fingerprint density at radius 3 is 2.22 bits per heavy atom. The van der Waals surface area contributed by atoms with Gasteiger partial charge in [-0.25, -0.2) is 0 Å². The Hall–Kier alpha value is -3.65. The maximum Gasteiger partial charge on any atom is 0.246 e. The van der Waals surface area contributed by atoms with Crippen molar-refractivity contribution in [2.75, 3.05) is 41.8 Å². The van der Waals surface area contributed by atoms with Crippen LogP contribution in [0.25, 0.3) is 11.1 Å². The van der Waals surface area contributed by atoms with E-state index in [1.165, 1.54) is 12.5 Å². The third-order valence-corrected chi connectivity index (χ3v) is 5.21. The average molecular weight is 434 g/mol. The SMILES string of the molecule is CC(=O)Nc1ccc(NC(=O)Cn2cc(-c3ccc(C)cc3)c(N3CCOCC3)n2)cc1. The zero-order valence-electron chi connectivity index (χ0n) is 18.3. The number of amides is 2. The fraction of sp³-hybridized carbons (Fsp3) is 0.292. The predicted octanol–water partition coefficient (Wildman–Crippen LogP) is 3.29. The summed E-state index contributed by atoms with van der Waals surface area (Å²) in [5.74, 6) is 0.550. The number of aromatic nitrogens is 2. The Morgan fingerprint density at radius 2 is 1.59 bits per heavy atom. The van der Waals surface area contributed by atoms with Gasteiger partial charge in [0, 0.05) is 43.1 Å². The van der Waals surface area contributed by atoms with Crippen LogP contribution in [0.1, 0.15) is 12.5 Å². The van der Waals surface area contributed by atoms with Crippen LogP contribution in [-0.2, 0) is 20.9 Å². The van der Waals surface area contributed by atoms with Gasteiger partial charge in [0.15, 0.2) is 5.82 Å². The van der Waals surface area contributed by atoms with E-state index in [9.17, 15) is 9.59 Å². The van der Waals surface area contributed by atoms with Crippen molar-refractivity contribution in [1.29, 1.82) is 0 Å². The number of benzene rings is 2. The van der Waals surface area contributed by atoms with Crippen molar-refractivity contribution in [1.82, 2.24) is 9.78 Å². The largest absolute Gasteiger partial charge is 0.378 e. The lowest BCUT2D eigenvalue weighted by Crippen LogP contribution is -2.36. The second-order valence-electron chi connectivity index (χ2n) is 7.84. The summed E-state index contributed by atoms with van der Waals surface area (Å²) in [7, 11) is 0. The number of rotatable bonds is 6. The first-order valence-electron chi connectivity index (χ1n) is 10.6. The van der Waals surface area contributed by atoms with E-state index in [-0.39, 0.29) is 18.4 Å². The van der Waals surface area contributed by atoms with Crippen LogP contribution in [0.2, 0.25) is 0 Å². The van der Waals surface area contributed by atoms with Crippen LogP contribution in [0.3, 0.4) is 0 Å². The number of nitrogens with one attached hydrogen (secondary N) is 2. The molecule has 0 bridgehead atoms. The highest BCUT2D eigenvalue weighted by Gasteiger charge is 2.20. The van der Waals surface area contributed by atoms with Gasteiger partial charge in [-0.15, -0.1) is 0 Å². The molecular weight excluding hydrogens is 406 g/mol. The quantitative estimate of drug-likeness (QED) is 0.623. The third-order valence-electron chi connectivity index (χ3n) is 5.21. The van der Waals surface area contributed by atoms with Crippen molar-refractivity contribution < 1.29 is 14.3 Å². The normalized spacial score (nSPS) is 13.6. The van der Waals surface area contributed by atoms with Crippen LogP contribution >= 0.6 is 0 Å². The summed E-state index contributed by atoms with van der Waals surface area (Å²) in [5.41, 5.74) is 4.60. The van der Waals surface area contributed by atoms with Gasteiger partial charge in [0.1, 0.15) is 6.54 Å². The molecule has 3 aromatic rings. The predicted molar refractivity (Wildman–Crippen MR) is 125 cm³/mol. The van der Waals surface area contributed by atoms with Crippen LogP contribution in [0.4, 0.5) is 17.2 Å². The van der Waals surface area contributed by atoms with E-state index >= 15 is 0 Å². The molecule has 32 heavy (non-hydrogen) atoms. The average Bonchev–Trinajstić information content (AvgIpc) is 3.19. The van der Waals surface area contributed by atoms with Gasteiger partial charge in [-0.2, -0.15) is 5.10 Å². The molecule has 1 saturated heterocycles. The van der Waals surface area contributed by atoms with Gasteiger partial charge in [-0.05, 0) is 36.8 Å². The topological polar surface area (TPSA) is 88.5 Å². The van der Waals surface area contributed by atoms with Gasteiger partial charge in [0.05, 0.1) is 13.2 Å². The maximum atomic E-state index is 12.6. The fourth-order valence-electron chi connectivity index (χ4n) is 3.63. The van der Waals surface area contributed by atoms with Crippen molar-refractivity contribution in [3.63, 3.8) is 0 Å². The number of hydrogen-bond acceptors (Lipinski definition) is 5. The summed E-state index contributed by atoms with van der Waals surface area (Å²) >= 11 is 0. The number of carbonyl (C=O) groups is 2. The fourth-order valence-corrected chi connectivity index (χ4v) is 3.63. The lowest BCUT2D eigenvalue weighted by Gasteiger charge is -2.27. The van der Waals surface area contributed by atoms with Gasteiger partial charge in [-0.1, -0.05) is 29.8 Å². The Kier molecular flexibility index (Phi) is 6.51. The van der Waals surface area contributed by atoms with Crippen LogP contribution < -0.4 is 15.5 Å². The van der Waals surface area contributed by atoms with E-state index in [0.29, 0.717) is 24.6 Å². The van der Waals surface area contributed by atoms with Crippen molar-refractivity contribution >= 4 is 29.0 Å². The zero-order valence-corrected chi connectivity index (χ0v) is 18.3. The van der Waals surface area contributed by atoms with E-state index in [4.69, 9.17) is 9.84 Å². The molecule has 0 saturated carbocycles. The van der Waals surface area contributed by atoms with Crippen molar-refractivity contribution in [2.45, 2.75) is 20.4 Å². The molecule has 0 unspecified atom stereocenters. The van der Waals surface area contributed by atoms with E-state index < -0.39 is 0 Å². The van der Waals surface area contributed by atoms with Gasteiger partial charge < -0.3 is 20.3 Å². The number of hydrogen-bond donors (Lipinski definition) is 2. The number of ether oxygens (including phenoxy) is 1. The molecule has 1 aliphatic rings. The number of aryl methyl sites for hydroxylation is 1. The van der Waals surface area contributed by atoms with Crippen molar-refractivity contribution in [2.24, 2.45) is 0 Å². The highest BCUT2D eigenvalue weighted by molar-refractivity contribution is 5.92. The molecule has 0 spiro atoms.